The van der Waals surface area contributed by atoms with E-state index >= 15 is 0 Å². The minimum atomic E-state index is -0.366. The van der Waals surface area contributed by atoms with Gasteiger partial charge in [0.05, 0.1) is 7.11 Å². The molecule has 0 spiro atoms. The van der Waals surface area contributed by atoms with Crippen molar-refractivity contribution in [1.82, 2.24) is 0 Å². The van der Waals surface area contributed by atoms with Crippen molar-refractivity contribution in [3.05, 3.63) is 29.3 Å². The maximum Gasteiger partial charge on any atom is 0.343 e. The van der Waals surface area contributed by atoms with Crippen molar-refractivity contribution in [1.29, 1.82) is 0 Å². The fourth-order valence-electron chi connectivity index (χ4n) is 1.61. The van der Waals surface area contributed by atoms with Crippen LogP contribution in [0, 0.1) is 6.92 Å². The number of ether oxygens (including phenoxy) is 2. The Kier molecular flexibility index (Phi) is 4.35. The molecule has 3 nitrogen and oxygen atoms in total. The summed E-state index contributed by atoms with van der Waals surface area (Å²) in [5.41, 5.74) is 2.32. The molecular weight excluding hydrogens is 204 g/mol. The Morgan fingerprint density at radius 2 is 2.06 bits per heavy atom. The lowest BCUT2D eigenvalue weighted by molar-refractivity contribution is -0.142. The largest absolute Gasteiger partial charge is 0.482 e. The number of benzene rings is 1. The van der Waals surface area contributed by atoms with E-state index in [1.54, 1.807) is 0 Å². The minimum Gasteiger partial charge on any atom is -0.482 e. The monoisotopic (exact) mass is 222 g/mol. The zero-order valence-electron chi connectivity index (χ0n) is 10.2. The molecule has 0 aliphatic carbocycles. The van der Waals surface area contributed by atoms with E-state index in [9.17, 15) is 4.79 Å². The highest BCUT2D eigenvalue weighted by Crippen LogP contribution is 2.26. The van der Waals surface area contributed by atoms with Gasteiger partial charge in [0.25, 0.3) is 0 Å². The smallest absolute Gasteiger partial charge is 0.343 e. The second-order valence-corrected chi connectivity index (χ2v) is 3.99. The normalized spacial score (nSPS) is 10.3. The lowest BCUT2D eigenvalue weighted by Gasteiger charge is -2.14. The van der Waals surface area contributed by atoms with Crippen molar-refractivity contribution in [3.63, 3.8) is 0 Å². The van der Waals surface area contributed by atoms with E-state index in [0.29, 0.717) is 5.92 Å². The van der Waals surface area contributed by atoms with Crippen molar-refractivity contribution in [2.45, 2.75) is 26.7 Å². The molecule has 0 aliphatic heterocycles. The van der Waals surface area contributed by atoms with Gasteiger partial charge in [0.2, 0.25) is 0 Å². The van der Waals surface area contributed by atoms with Crippen LogP contribution in [0.3, 0.4) is 0 Å². The highest BCUT2D eigenvalue weighted by molar-refractivity contribution is 5.70. The first-order valence-electron chi connectivity index (χ1n) is 5.35. The summed E-state index contributed by atoms with van der Waals surface area (Å²) in [4.78, 5) is 11.0. The van der Waals surface area contributed by atoms with Gasteiger partial charge in [-0.15, -0.1) is 0 Å². The van der Waals surface area contributed by atoms with Crippen LogP contribution in [0.1, 0.15) is 30.9 Å². The number of esters is 1. The molecule has 0 saturated carbocycles. The van der Waals surface area contributed by atoms with E-state index in [0.717, 1.165) is 11.3 Å². The van der Waals surface area contributed by atoms with E-state index in [2.05, 4.69) is 24.7 Å². The molecule has 0 N–H and O–H groups in total. The number of carbonyl (C=O) groups excluding carboxylic acids is 1. The third kappa shape index (κ3) is 2.99. The zero-order chi connectivity index (χ0) is 12.1. The molecule has 16 heavy (non-hydrogen) atoms. The highest BCUT2D eigenvalue weighted by Gasteiger charge is 2.09. The van der Waals surface area contributed by atoms with Gasteiger partial charge in [-0.2, -0.15) is 0 Å². The molecule has 1 aromatic rings. The first-order valence-corrected chi connectivity index (χ1v) is 5.35. The van der Waals surface area contributed by atoms with Crippen LogP contribution in [-0.4, -0.2) is 19.7 Å². The fraction of sp³-hybridized carbons (Fsp3) is 0.462. The summed E-state index contributed by atoms with van der Waals surface area (Å²) in [7, 11) is 1.35. The van der Waals surface area contributed by atoms with Crippen molar-refractivity contribution in [2.24, 2.45) is 0 Å². The van der Waals surface area contributed by atoms with Crippen LogP contribution in [-0.2, 0) is 9.53 Å². The second kappa shape index (κ2) is 5.54. The number of hydrogen-bond donors (Lipinski definition) is 0. The molecule has 0 saturated heterocycles. The van der Waals surface area contributed by atoms with Crippen molar-refractivity contribution < 1.29 is 14.3 Å². The van der Waals surface area contributed by atoms with Gasteiger partial charge in [-0.3, -0.25) is 0 Å². The van der Waals surface area contributed by atoms with Gasteiger partial charge < -0.3 is 9.47 Å². The minimum absolute atomic E-state index is 0.0428. The summed E-state index contributed by atoms with van der Waals surface area (Å²) >= 11 is 0. The van der Waals surface area contributed by atoms with Gasteiger partial charge in [0.15, 0.2) is 6.61 Å². The molecule has 0 radical (unpaired) electrons. The lowest BCUT2D eigenvalue weighted by Crippen LogP contribution is -2.13. The first-order chi connectivity index (χ1) is 7.56. The summed E-state index contributed by atoms with van der Waals surface area (Å²) in [6.45, 7) is 6.22. The van der Waals surface area contributed by atoms with Crippen LogP contribution in [0.4, 0.5) is 0 Å². The summed E-state index contributed by atoms with van der Waals surface area (Å²) in [6.07, 6.45) is 0. The van der Waals surface area contributed by atoms with Crippen LogP contribution in [0.5, 0.6) is 5.75 Å². The van der Waals surface area contributed by atoms with Crippen LogP contribution >= 0.6 is 0 Å². The Balaban J connectivity index is 2.81. The zero-order valence-corrected chi connectivity index (χ0v) is 10.2. The maximum absolute atomic E-state index is 11.0. The molecular formula is C13H18O3. The van der Waals surface area contributed by atoms with Gasteiger partial charge in [0, 0.05) is 0 Å². The molecule has 0 fully saturated rings. The molecule has 0 atom stereocenters. The van der Waals surface area contributed by atoms with Gasteiger partial charge in [0.1, 0.15) is 5.75 Å². The first kappa shape index (κ1) is 12.6. The van der Waals surface area contributed by atoms with Crippen LogP contribution < -0.4 is 4.74 Å². The maximum atomic E-state index is 11.0. The standard InChI is InChI=1S/C13H18O3/c1-9(2)11-6-5-7-12(10(11)3)16-8-13(14)15-4/h5-7,9H,8H2,1-4H3. The Bertz CT molecular complexity index is 369. The Hall–Kier alpha value is -1.51. The molecule has 3 heteroatoms. The van der Waals surface area contributed by atoms with E-state index in [1.165, 1.54) is 12.7 Å². The van der Waals surface area contributed by atoms with Crippen LogP contribution in [0.15, 0.2) is 18.2 Å². The molecule has 0 aromatic heterocycles. The average Bonchev–Trinajstić information content (AvgIpc) is 2.26. The number of carbonyl (C=O) groups is 1. The highest BCUT2D eigenvalue weighted by atomic mass is 16.6. The summed E-state index contributed by atoms with van der Waals surface area (Å²) in [5, 5.41) is 0. The molecule has 0 aliphatic rings. The SMILES string of the molecule is COC(=O)COc1cccc(C(C)C)c1C. The van der Waals surface area contributed by atoms with Gasteiger partial charge in [-0.25, -0.2) is 4.79 Å². The Labute approximate surface area is 96.4 Å². The van der Waals surface area contributed by atoms with Crippen LogP contribution in [0.25, 0.3) is 0 Å². The van der Waals surface area contributed by atoms with Crippen molar-refractivity contribution in [3.8, 4) is 5.75 Å². The molecule has 0 amide bonds. The molecule has 1 rings (SSSR count). The third-order valence-electron chi connectivity index (χ3n) is 2.52. The van der Waals surface area contributed by atoms with Crippen molar-refractivity contribution >= 4 is 5.97 Å². The summed E-state index contributed by atoms with van der Waals surface area (Å²) in [6, 6.07) is 5.88. The third-order valence-corrected chi connectivity index (χ3v) is 2.52. The predicted molar refractivity (Wildman–Crippen MR) is 62.8 cm³/mol. The van der Waals surface area contributed by atoms with E-state index in [4.69, 9.17) is 4.74 Å². The second-order valence-electron chi connectivity index (χ2n) is 3.99. The molecule has 0 unspecified atom stereocenters. The Morgan fingerprint density at radius 1 is 1.38 bits per heavy atom. The van der Waals surface area contributed by atoms with Crippen LogP contribution in [0.2, 0.25) is 0 Å². The number of rotatable bonds is 4. The number of methoxy groups -OCH3 is 1. The fourth-order valence-corrected chi connectivity index (χ4v) is 1.61. The van der Waals surface area contributed by atoms with E-state index in [-0.39, 0.29) is 12.6 Å². The molecule has 1 aromatic carbocycles. The van der Waals surface area contributed by atoms with Gasteiger partial charge >= 0.3 is 5.97 Å². The van der Waals surface area contributed by atoms with E-state index in [1.807, 2.05) is 19.1 Å². The van der Waals surface area contributed by atoms with Crippen molar-refractivity contribution in [2.75, 3.05) is 13.7 Å². The van der Waals surface area contributed by atoms with Gasteiger partial charge in [-0.1, -0.05) is 26.0 Å². The predicted octanol–water partition coefficient (Wildman–Crippen LogP) is 2.67. The van der Waals surface area contributed by atoms with Gasteiger partial charge in [-0.05, 0) is 30.0 Å². The Morgan fingerprint density at radius 3 is 2.62 bits per heavy atom. The topological polar surface area (TPSA) is 35.5 Å². The average molecular weight is 222 g/mol. The van der Waals surface area contributed by atoms with E-state index < -0.39 is 0 Å². The number of hydrogen-bond acceptors (Lipinski definition) is 3. The molecule has 0 heterocycles. The lowest BCUT2D eigenvalue weighted by atomic mass is 9.97. The summed E-state index contributed by atoms with van der Waals surface area (Å²) in [5.74, 6) is 0.827. The summed E-state index contributed by atoms with van der Waals surface area (Å²) < 4.78 is 9.93. The molecule has 0 bridgehead atoms. The molecule has 88 valence electrons. The quantitative estimate of drug-likeness (QED) is 0.735.